The molecule has 0 saturated heterocycles. The monoisotopic (exact) mass is 195 g/mol. The number of nitrogens with one attached hydrogen (secondary N) is 1. The predicted octanol–water partition coefficient (Wildman–Crippen LogP) is 1.24. The van der Waals surface area contributed by atoms with Crippen LogP contribution < -0.4 is 11.1 Å². The van der Waals surface area contributed by atoms with Crippen LogP contribution >= 0.6 is 0 Å². The minimum Gasteiger partial charge on any atom is -0.393 e. The van der Waals surface area contributed by atoms with Gasteiger partial charge in [0.1, 0.15) is 5.82 Å². The summed E-state index contributed by atoms with van der Waals surface area (Å²) in [5.74, 6) is 0.527. The number of nitrogens with zero attached hydrogens (tertiary/aromatic N) is 1. The summed E-state index contributed by atoms with van der Waals surface area (Å²) in [5, 5.41) is 12.2. The van der Waals surface area contributed by atoms with Gasteiger partial charge in [0.15, 0.2) is 0 Å². The van der Waals surface area contributed by atoms with Crippen molar-refractivity contribution in [2.45, 2.75) is 25.9 Å². The van der Waals surface area contributed by atoms with E-state index in [2.05, 4.69) is 10.3 Å². The lowest BCUT2D eigenvalue weighted by atomic mass is 10.2. The van der Waals surface area contributed by atoms with E-state index in [1.54, 1.807) is 19.2 Å². The van der Waals surface area contributed by atoms with Gasteiger partial charge in [0.05, 0.1) is 18.0 Å². The fraction of sp³-hybridized carbons (Fsp3) is 0.500. The number of nitrogen functional groups attached to an aromatic ring is 1. The first kappa shape index (κ1) is 10.8. The number of rotatable bonds is 5. The molecule has 0 saturated carbocycles. The molecule has 78 valence electrons. The van der Waals surface area contributed by atoms with Crippen LogP contribution in [0.1, 0.15) is 19.8 Å². The Morgan fingerprint density at radius 1 is 1.57 bits per heavy atom. The number of hydrogen-bond acceptors (Lipinski definition) is 4. The maximum Gasteiger partial charge on any atom is 0.123 e. The molecule has 0 radical (unpaired) electrons. The Hall–Kier alpha value is -1.29. The number of aromatic nitrogens is 1. The van der Waals surface area contributed by atoms with E-state index in [1.807, 2.05) is 6.07 Å². The van der Waals surface area contributed by atoms with Gasteiger partial charge < -0.3 is 16.2 Å². The lowest BCUT2D eigenvalue weighted by Crippen LogP contribution is -2.06. The third kappa shape index (κ3) is 4.09. The number of nitrogens with two attached hydrogens (primary N) is 1. The molecule has 0 spiro atoms. The number of aliphatic hydroxyl groups excluding tert-OH is 1. The second-order valence-corrected chi connectivity index (χ2v) is 3.39. The summed E-state index contributed by atoms with van der Waals surface area (Å²) in [4.78, 5) is 3.96. The molecule has 0 fully saturated rings. The Kier molecular flexibility index (Phi) is 4.19. The van der Waals surface area contributed by atoms with Gasteiger partial charge in [-0.1, -0.05) is 0 Å². The van der Waals surface area contributed by atoms with Crippen molar-refractivity contribution in [2.24, 2.45) is 0 Å². The fourth-order valence-electron chi connectivity index (χ4n) is 1.14. The third-order valence-electron chi connectivity index (χ3n) is 1.91. The first-order valence-electron chi connectivity index (χ1n) is 4.82. The largest absolute Gasteiger partial charge is 0.393 e. The topological polar surface area (TPSA) is 71.2 Å². The molecule has 0 bridgehead atoms. The standard InChI is InChI=1S/C10H17N3O/c1-8(14)3-2-6-12-9-4-5-10(11)13-7-9/h4-5,7-8,12,14H,2-3,6H2,1H3,(H2,11,13). The molecule has 0 aromatic carbocycles. The maximum absolute atomic E-state index is 9.03. The van der Waals surface area contributed by atoms with Gasteiger partial charge in [-0.3, -0.25) is 0 Å². The van der Waals surface area contributed by atoms with Crippen molar-refractivity contribution in [3.8, 4) is 0 Å². The van der Waals surface area contributed by atoms with Gasteiger partial charge in [-0.05, 0) is 31.9 Å². The highest BCUT2D eigenvalue weighted by Gasteiger charge is 1.95. The number of hydrogen-bond donors (Lipinski definition) is 3. The van der Waals surface area contributed by atoms with E-state index in [-0.39, 0.29) is 6.10 Å². The number of pyridine rings is 1. The summed E-state index contributed by atoms with van der Waals surface area (Å²) >= 11 is 0. The van der Waals surface area contributed by atoms with E-state index in [9.17, 15) is 0 Å². The molecule has 1 unspecified atom stereocenters. The SMILES string of the molecule is CC(O)CCCNc1ccc(N)nc1. The quantitative estimate of drug-likeness (QED) is 0.618. The third-order valence-corrected chi connectivity index (χ3v) is 1.91. The second-order valence-electron chi connectivity index (χ2n) is 3.39. The summed E-state index contributed by atoms with van der Waals surface area (Å²) in [6.07, 6.45) is 3.25. The minimum absolute atomic E-state index is 0.221. The van der Waals surface area contributed by atoms with Gasteiger partial charge >= 0.3 is 0 Å². The molecule has 4 N–H and O–H groups in total. The first-order valence-corrected chi connectivity index (χ1v) is 4.82. The van der Waals surface area contributed by atoms with Gasteiger partial charge in [-0.2, -0.15) is 0 Å². The number of aliphatic hydroxyl groups is 1. The maximum atomic E-state index is 9.03. The molecule has 0 aliphatic heterocycles. The highest BCUT2D eigenvalue weighted by atomic mass is 16.3. The zero-order chi connectivity index (χ0) is 10.4. The molecule has 4 heteroatoms. The van der Waals surface area contributed by atoms with Crippen molar-refractivity contribution in [3.63, 3.8) is 0 Å². The Labute approximate surface area is 84.2 Å². The molecular weight excluding hydrogens is 178 g/mol. The Morgan fingerprint density at radius 3 is 2.93 bits per heavy atom. The highest BCUT2D eigenvalue weighted by molar-refractivity contribution is 5.45. The van der Waals surface area contributed by atoms with E-state index >= 15 is 0 Å². The van der Waals surface area contributed by atoms with Crippen molar-refractivity contribution < 1.29 is 5.11 Å². The predicted molar refractivity (Wildman–Crippen MR) is 58.1 cm³/mol. The van der Waals surface area contributed by atoms with Crippen molar-refractivity contribution in [1.82, 2.24) is 4.98 Å². The van der Waals surface area contributed by atoms with Gasteiger partial charge in [0.2, 0.25) is 0 Å². The smallest absolute Gasteiger partial charge is 0.123 e. The molecule has 1 heterocycles. The minimum atomic E-state index is -0.221. The highest BCUT2D eigenvalue weighted by Crippen LogP contribution is 2.07. The van der Waals surface area contributed by atoms with Crippen LogP contribution in [0.15, 0.2) is 18.3 Å². The molecule has 1 aromatic rings. The molecule has 0 amide bonds. The van der Waals surface area contributed by atoms with Crippen molar-refractivity contribution >= 4 is 11.5 Å². The van der Waals surface area contributed by atoms with Gasteiger partial charge in [0.25, 0.3) is 0 Å². The Balaban J connectivity index is 2.21. The van der Waals surface area contributed by atoms with Gasteiger partial charge in [0, 0.05) is 6.54 Å². The Bertz CT molecular complexity index is 259. The van der Waals surface area contributed by atoms with Crippen LogP contribution in [0.2, 0.25) is 0 Å². The van der Waals surface area contributed by atoms with E-state index in [0.717, 1.165) is 25.1 Å². The van der Waals surface area contributed by atoms with E-state index in [1.165, 1.54) is 0 Å². The summed E-state index contributed by atoms with van der Waals surface area (Å²) in [7, 11) is 0. The molecular formula is C10H17N3O. The van der Waals surface area contributed by atoms with Crippen LogP contribution in [0.25, 0.3) is 0 Å². The normalized spacial score (nSPS) is 12.4. The van der Waals surface area contributed by atoms with Gasteiger partial charge in [-0.15, -0.1) is 0 Å². The summed E-state index contributed by atoms with van der Waals surface area (Å²) in [5.41, 5.74) is 6.41. The lowest BCUT2D eigenvalue weighted by molar-refractivity contribution is 0.183. The summed E-state index contributed by atoms with van der Waals surface area (Å²) in [6.45, 7) is 2.64. The van der Waals surface area contributed by atoms with Crippen molar-refractivity contribution in [3.05, 3.63) is 18.3 Å². The van der Waals surface area contributed by atoms with Crippen LogP contribution in [-0.2, 0) is 0 Å². The van der Waals surface area contributed by atoms with Gasteiger partial charge in [-0.25, -0.2) is 4.98 Å². The van der Waals surface area contributed by atoms with E-state index in [0.29, 0.717) is 5.82 Å². The van der Waals surface area contributed by atoms with Crippen LogP contribution in [0.3, 0.4) is 0 Å². The van der Waals surface area contributed by atoms with E-state index < -0.39 is 0 Å². The second kappa shape index (κ2) is 5.44. The molecule has 1 rings (SSSR count). The average molecular weight is 195 g/mol. The average Bonchev–Trinajstić information content (AvgIpc) is 2.15. The number of anilines is 2. The summed E-state index contributed by atoms with van der Waals surface area (Å²) < 4.78 is 0. The molecule has 1 aromatic heterocycles. The van der Waals surface area contributed by atoms with E-state index in [4.69, 9.17) is 10.8 Å². The molecule has 4 nitrogen and oxygen atoms in total. The zero-order valence-electron chi connectivity index (χ0n) is 8.40. The molecule has 1 atom stereocenters. The Morgan fingerprint density at radius 2 is 2.36 bits per heavy atom. The summed E-state index contributed by atoms with van der Waals surface area (Å²) in [6, 6.07) is 3.65. The van der Waals surface area contributed by atoms with Crippen LogP contribution in [0.5, 0.6) is 0 Å². The first-order chi connectivity index (χ1) is 6.68. The molecule has 0 aliphatic carbocycles. The zero-order valence-corrected chi connectivity index (χ0v) is 8.40. The molecule has 0 aliphatic rings. The van der Waals surface area contributed by atoms with Crippen LogP contribution in [0, 0.1) is 0 Å². The molecule has 14 heavy (non-hydrogen) atoms. The van der Waals surface area contributed by atoms with Crippen molar-refractivity contribution in [2.75, 3.05) is 17.6 Å². The van der Waals surface area contributed by atoms with Crippen molar-refractivity contribution in [1.29, 1.82) is 0 Å². The fourth-order valence-corrected chi connectivity index (χ4v) is 1.14. The lowest BCUT2D eigenvalue weighted by Gasteiger charge is -2.07. The van der Waals surface area contributed by atoms with Crippen LogP contribution in [0.4, 0.5) is 11.5 Å². The van der Waals surface area contributed by atoms with Crippen LogP contribution in [-0.4, -0.2) is 22.7 Å².